The van der Waals surface area contributed by atoms with Crippen molar-refractivity contribution in [1.82, 2.24) is 10.2 Å². The number of hydrogen-bond acceptors (Lipinski definition) is 4. The van der Waals surface area contributed by atoms with Crippen LogP contribution >= 0.6 is 0 Å². The number of sulfonamides is 1. The number of benzene rings is 2. The largest absolute Gasteiger partial charge is 0.356 e. The molecule has 1 fully saturated rings. The third-order valence-electron chi connectivity index (χ3n) is 5.95. The first kappa shape index (κ1) is 21.3. The maximum Gasteiger partial charge on any atom is 0.285 e. The number of amidine groups is 1. The Labute approximate surface area is 183 Å². The molecular weight excluding hydrogens is 410 g/mol. The van der Waals surface area contributed by atoms with Crippen LogP contribution in [-0.2, 0) is 21.2 Å². The van der Waals surface area contributed by atoms with Gasteiger partial charge in [0.1, 0.15) is 10.7 Å². The van der Waals surface area contributed by atoms with Gasteiger partial charge in [0.05, 0.1) is 6.42 Å². The summed E-state index contributed by atoms with van der Waals surface area (Å²) in [7, 11) is -3.70. The fourth-order valence-corrected chi connectivity index (χ4v) is 5.75. The lowest BCUT2D eigenvalue weighted by atomic mass is 10.0. The summed E-state index contributed by atoms with van der Waals surface area (Å²) in [5, 5.41) is 3.13. The molecule has 0 unspecified atom stereocenters. The number of hydrogen-bond donors (Lipinski definition) is 1. The minimum absolute atomic E-state index is 0.0241. The fraction of sp³-hybridized carbons (Fsp3) is 0.333. The van der Waals surface area contributed by atoms with Crippen molar-refractivity contribution in [3.63, 3.8) is 0 Å². The second-order valence-electron chi connectivity index (χ2n) is 8.14. The first-order valence-electron chi connectivity index (χ1n) is 10.6. The molecule has 2 heterocycles. The zero-order valence-corrected chi connectivity index (χ0v) is 18.7. The van der Waals surface area contributed by atoms with Gasteiger partial charge in [-0.15, -0.1) is 4.40 Å². The van der Waals surface area contributed by atoms with E-state index in [1.807, 2.05) is 61.2 Å². The molecule has 0 spiro atoms. The van der Waals surface area contributed by atoms with Crippen molar-refractivity contribution in [2.24, 2.45) is 4.40 Å². The van der Waals surface area contributed by atoms with Gasteiger partial charge in [0.2, 0.25) is 5.91 Å². The lowest BCUT2D eigenvalue weighted by molar-refractivity contribution is -0.121. The van der Waals surface area contributed by atoms with E-state index < -0.39 is 10.0 Å². The monoisotopic (exact) mass is 437 g/mol. The molecule has 0 saturated carbocycles. The Balaban J connectivity index is 1.39. The number of nitrogens with zero attached hydrogens (tertiary/aromatic N) is 2. The van der Waals surface area contributed by atoms with Crippen LogP contribution in [0.3, 0.4) is 0 Å². The summed E-state index contributed by atoms with van der Waals surface area (Å²) >= 11 is 0. The number of piperidine rings is 1. The van der Waals surface area contributed by atoms with Crippen LogP contribution in [0.25, 0.3) is 4.91 Å². The maximum atomic E-state index is 12.7. The molecule has 2 aromatic carbocycles. The third kappa shape index (κ3) is 4.56. The van der Waals surface area contributed by atoms with Crippen molar-refractivity contribution in [2.75, 3.05) is 13.1 Å². The first-order chi connectivity index (χ1) is 14.8. The summed E-state index contributed by atoms with van der Waals surface area (Å²) in [6, 6.07) is 17.1. The highest BCUT2D eigenvalue weighted by Crippen LogP contribution is 2.34. The Bertz CT molecular complexity index is 1150. The second-order valence-corrected chi connectivity index (χ2v) is 9.68. The number of nitrogens with one attached hydrogen (secondary N) is 1. The molecule has 1 N–H and O–H groups in total. The van der Waals surface area contributed by atoms with Crippen molar-refractivity contribution in [3.8, 4) is 0 Å². The Morgan fingerprint density at radius 1 is 1.03 bits per heavy atom. The van der Waals surface area contributed by atoms with Gasteiger partial charge in [-0.25, -0.2) is 0 Å². The quantitative estimate of drug-likeness (QED) is 0.796. The van der Waals surface area contributed by atoms with Crippen LogP contribution in [0, 0.1) is 6.92 Å². The highest BCUT2D eigenvalue weighted by Gasteiger charge is 2.34. The van der Waals surface area contributed by atoms with E-state index in [0.717, 1.165) is 24.0 Å². The molecule has 31 heavy (non-hydrogen) atoms. The molecule has 7 heteroatoms. The molecule has 1 saturated heterocycles. The number of aryl methyl sites for hydroxylation is 1. The van der Waals surface area contributed by atoms with Gasteiger partial charge < -0.3 is 10.2 Å². The molecule has 2 aliphatic rings. The molecule has 0 aromatic heterocycles. The topological polar surface area (TPSA) is 78.8 Å². The molecule has 0 radical (unpaired) electrons. The van der Waals surface area contributed by atoms with Crippen LogP contribution in [0.2, 0.25) is 0 Å². The van der Waals surface area contributed by atoms with E-state index in [1.165, 1.54) is 0 Å². The summed E-state index contributed by atoms with van der Waals surface area (Å²) in [4.78, 5) is 14.8. The highest BCUT2D eigenvalue weighted by atomic mass is 32.2. The predicted molar refractivity (Wildman–Crippen MR) is 123 cm³/mol. The molecule has 4 rings (SSSR count). The summed E-state index contributed by atoms with van der Waals surface area (Å²) < 4.78 is 29.5. The number of amides is 1. The van der Waals surface area contributed by atoms with E-state index in [4.69, 9.17) is 0 Å². The van der Waals surface area contributed by atoms with E-state index >= 15 is 0 Å². The van der Waals surface area contributed by atoms with Crippen molar-refractivity contribution in [1.29, 1.82) is 0 Å². The van der Waals surface area contributed by atoms with Crippen molar-refractivity contribution >= 4 is 26.7 Å². The second kappa shape index (κ2) is 8.67. The lowest BCUT2D eigenvalue weighted by Crippen LogP contribution is -2.47. The summed E-state index contributed by atoms with van der Waals surface area (Å²) in [5.41, 5.74) is 3.51. The highest BCUT2D eigenvalue weighted by molar-refractivity contribution is 8.00. The summed E-state index contributed by atoms with van der Waals surface area (Å²) in [6.07, 6.45) is 1.89. The Kier molecular flexibility index (Phi) is 5.96. The van der Waals surface area contributed by atoms with E-state index in [2.05, 4.69) is 9.71 Å². The summed E-state index contributed by atoms with van der Waals surface area (Å²) in [6.45, 7) is 5.14. The molecule has 2 aromatic rings. The van der Waals surface area contributed by atoms with E-state index in [-0.39, 0.29) is 16.9 Å². The zero-order chi connectivity index (χ0) is 22.0. The zero-order valence-electron chi connectivity index (χ0n) is 17.8. The maximum absolute atomic E-state index is 12.7. The van der Waals surface area contributed by atoms with Gasteiger partial charge in [0.25, 0.3) is 10.0 Å². The third-order valence-corrected chi connectivity index (χ3v) is 7.42. The fourth-order valence-electron chi connectivity index (χ4n) is 4.27. The Morgan fingerprint density at radius 3 is 2.35 bits per heavy atom. The molecule has 6 nitrogen and oxygen atoms in total. The molecule has 1 amide bonds. The number of carbonyl (C=O) groups is 1. The van der Waals surface area contributed by atoms with E-state index in [0.29, 0.717) is 36.5 Å². The van der Waals surface area contributed by atoms with Gasteiger partial charge in [0, 0.05) is 24.7 Å². The van der Waals surface area contributed by atoms with Gasteiger partial charge in [-0.05, 0) is 43.4 Å². The molecule has 0 bridgehead atoms. The Morgan fingerprint density at radius 2 is 1.68 bits per heavy atom. The van der Waals surface area contributed by atoms with Crippen molar-refractivity contribution in [2.45, 2.75) is 39.2 Å². The van der Waals surface area contributed by atoms with E-state index in [1.54, 1.807) is 12.1 Å². The minimum Gasteiger partial charge on any atom is -0.356 e. The van der Waals surface area contributed by atoms with Gasteiger partial charge in [-0.1, -0.05) is 54.6 Å². The van der Waals surface area contributed by atoms with E-state index in [9.17, 15) is 13.2 Å². The minimum atomic E-state index is -3.70. The van der Waals surface area contributed by atoms with Crippen LogP contribution in [0.4, 0.5) is 0 Å². The molecule has 2 aliphatic heterocycles. The predicted octanol–water partition coefficient (Wildman–Crippen LogP) is 3.29. The standard InChI is InChI=1S/C24H27N3O3S/c1-17-8-6-7-11-20(17)16-22(28)25-21-12-14-27(15-13-21)24-18(2)23(31(29,30)26-24)19-9-4-3-5-10-19/h3-11,21H,12-16H2,1-2H3,(H,25,28). The van der Waals surface area contributed by atoms with Crippen LogP contribution in [0.1, 0.15) is 36.5 Å². The average molecular weight is 438 g/mol. The van der Waals surface area contributed by atoms with Crippen LogP contribution in [0.5, 0.6) is 0 Å². The summed E-state index contributed by atoms with van der Waals surface area (Å²) in [5.74, 6) is 0.555. The van der Waals surface area contributed by atoms with Crippen LogP contribution in [0.15, 0.2) is 64.6 Å². The number of likely N-dealkylation sites (tertiary alicyclic amines) is 1. The lowest BCUT2D eigenvalue weighted by Gasteiger charge is -2.33. The molecule has 0 aliphatic carbocycles. The SMILES string of the molecule is CC1=C(c2ccccc2)S(=O)(=O)N=C1N1CCC(NC(=O)Cc2ccccc2C)CC1. The van der Waals surface area contributed by atoms with Gasteiger partial charge in [-0.2, -0.15) is 8.42 Å². The van der Waals surface area contributed by atoms with Gasteiger partial charge in [0.15, 0.2) is 0 Å². The smallest absolute Gasteiger partial charge is 0.285 e. The van der Waals surface area contributed by atoms with Crippen LogP contribution < -0.4 is 5.32 Å². The van der Waals surface area contributed by atoms with Gasteiger partial charge in [-0.3, -0.25) is 4.79 Å². The van der Waals surface area contributed by atoms with Crippen molar-refractivity contribution < 1.29 is 13.2 Å². The number of carbonyl (C=O) groups excluding carboxylic acids is 1. The molecule has 162 valence electrons. The van der Waals surface area contributed by atoms with Gasteiger partial charge >= 0.3 is 0 Å². The molecule has 0 atom stereocenters. The van der Waals surface area contributed by atoms with Crippen LogP contribution in [-0.4, -0.2) is 44.2 Å². The number of rotatable bonds is 4. The Hall–Kier alpha value is -2.93. The molecular formula is C24H27N3O3S. The normalized spacial score (nSPS) is 18.8. The van der Waals surface area contributed by atoms with Crippen molar-refractivity contribution in [3.05, 3.63) is 76.9 Å². The first-order valence-corrected chi connectivity index (χ1v) is 12.0. The average Bonchev–Trinajstić information content (AvgIpc) is 2.99.